The van der Waals surface area contributed by atoms with Gasteiger partial charge in [0.05, 0.1) is 0 Å². The van der Waals surface area contributed by atoms with Crippen LogP contribution in [-0.2, 0) is 11.2 Å². The van der Waals surface area contributed by atoms with Crippen LogP contribution in [0.15, 0.2) is 35.3 Å². The molecule has 7 heteroatoms. The lowest BCUT2D eigenvalue weighted by atomic mass is 10.1. The van der Waals surface area contributed by atoms with Gasteiger partial charge in [0.25, 0.3) is 5.91 Å². The minimum absolute atomic E-state index is 0.224. The zero-order valence-corrected chi connectivity index (χ0v) is 19.0. The zero-order valence-electron chi connectivity index (χ0n) is 18.2. The van der Waals surface area contributed by atoms with Crippen molar-refractivity contribution in [2.24, 2.45) is 4.99 Å². The third-order valence-corrected chi connectivity index (χ3v) is 6.85. The molecule has 2 unspecified atom stereocenters. The van der Waals surface area contributed by atoms with Crippen molar-refractivity contribution in [3.63, 3.8) is 0 Å². The number of aliphatic imine (C=N–C) groups is 1. The molecule has 2 heterocycles. The van der Waals surface area contributed by atoms with Crippen molar-refractivity contribution in [1.29, 1.82) is 0 Å². The number of carbonyl (C=O) groups is 2. The molecule has 0 aliphatic carbocycles. The number of hydrogen-bond donors (Lipinski definition) is 1. The predicted molar refractivity (Wildman–Crippen MR) is 124 cm³/mol. The molecule has 164 valence electrons. The van der Waals surface area contributed by atoms with Crippen LogP contribution in [0, 0.1) is 0 Å². The van der Waals surface area contributed by atoms with Crippen LogP contribution in [-0.4, -0.2) is 58.5 Å². The molecule has 0 saturated carbocycles. The SMILES string of the molecule is CCCCCCCCN1C(SCCCc2ccccc2)=NC2C1C(=O)NC(=O)N2C. The number of rotatable bonds is 11. The lowest BCUT2D eigenvalue weighted by molar-refractivity contribution is -0.127. The van der Waals surface area contributed by atoms with Gasteiger partial charge in [0, 0.05) is 19.3 Å². The molecule has 30 heavy (non-hydrogen) atoms. The monoisotopic (exact) mass is 430 g/mol. The van der Waals surface area contributed by atoms with Gasteiger partial charge in [-0.3, -0.25) is 10.1 Å². The number of urea groups is 1. The molecular weight excluding hydrogens is 396 g/mol. The van der Waals surface area contributed by atoms with Gasteiger partial charge in [-0.25, -0.2) is 9.79 Å². The Morgan fingerprint density at radius 2 is 1.77 bits per heavy atom. The first-order valence-corrected chi connectivity index (χ1v) is 12.2. The van der Waals surface area contributed by atoms with E-state index in [2.05, 4.69) is 41.4 Å². The Kier molecular flexibility index (Phi) is 8.61. The van der Waals surface area contributed by atoms with E-state index in [1.807, 2.05) is 6.07 Å². The number of aryl methyl sites for hydroxylation is 1. The van der Waals surface area contributed by atoms with Gasteiger partial charge in [0.2, 0.25) is 0 Å². The largest absolute Gasteiger partial charge is 0.336 e. The molecule has 6 nitrogen and oxygen atoms in total. The number of amidine groups is 1. The Balaban J connectivity index is 1.57. The standard InChI is InChI=1S/C23H34N4O2S/c1-3-4-5-6-7-11-16-27-19-20(26(2)22(29)25-21(19)28)24-23(27)30-17-12-15-18-13-9-8-10-14-18/h8-10,13-14,19-20H,3-7,11-12,15-17H2,1-2H3,(H,25,28,29). The van der Waals surface area contributed by atoms with E-state index in [9.17, 15) is 9.59 Å². The molecular formula is C23H34N4O2S. The van der Waals surface area contributed by atoms with Gasteiger partial charge in [0.1, 0.15) is 0 Å². The number of hydrogen-bond acceptors (Lipinski definition) is 5. The van der Waals surface area contributed by atoms with Gasteiger partial charge in [0.15, 0.2) is 17.4 Å². The van der Waals surface area contributed by atoms with Gasteiger partial charge < -0.3 is 9.80 Å². The minimum Gasteiger partial charge on any atom is -0.336 e. The number of nitrogens with zero attached hydrogens (tertiary/aromatic N) is 3. The van der Waals surface area contributed by atoms with Crippen molar-refractivity contribution >= 4 is 28.9 Å². The molecule has 0 bridgehead atoms. The Hall–Kier alpha value is -2.02. The molecule has 1 aromatic carbocycles. The molecule has 2 atom stereocenters. The fraction of sp³-hybridized carbons (Fsp3) is 0.609. The lowest BCUT2D eigenvalue weighted by Crippen LogP contribution is -2.63. The zero-order chi connectivity index (χ0) is 21.3. The second kappa shape index (κ2) is 11.4. The number of likely N-dealkylation sites (N-methyl/N-ethyl adjacent to an activating group) is 1. The van der Waals surface area contributed by atoms with Crippen molar-refractivity contribution < 1.29 is 9.59 Å². The maximum Gasteiger partial charge on any atom is 0.325 e. The van der Waals surface area contributed by atoms with E-state index < -0.39 is 12.2 Å². The van der Waals surface area contributed by atoms with Crippen LogP contribution in [0.5, 0.6) is 0 Å². The molecule has 1 aromatic rings. The van der Waals surface area contributed by atoms with E-state index in [1.54, 1.807) is 23.7 Å². The van der Waals surface area contributed by atoms with Gasteiger partial charge >= 0.3 is 6.03 Å². The molecule has 0 aromatic heterocycles. The van der Waals surface area contributed by atoms with Crippen molar-refractivity contribution in [2.75, 3.05) is 19.3 Å². The first-order valence-electron chi connectivity index (χ1n) is 11.2. The topological polar surface area (TPSA) is 65.0 Å². The number of benzene rings is 1. The molecule has 1 fully saturated rings. The first kappa shape index (κ1) is 22.7. The van der Waals surface area contributed by atoms with E-state index in [1.165, 1.54) is 31.2 Å². The molecule has 1 N–H and O–H groups in total. The smallest absolute Gasteiger partial charge is 0.325 e. The first-order chi connectivity index (χ1) is 14.6. The highest BCUT2D eigenvalue weighted by Gasteiger charge is 2.48. The average molecular weight is 431 g/mol. The fourth-order valence-corrected chi connectivity index (χ4v) is 5.03. The fourth-order valence-electron chi connectivity index (χ4n) is 4.00. The minimum atomic E-state index is -0.414. The maximum absolute atomic E-state index is 12.6. The van der Waals surface area contributed by atoms with Crippen LogP contribution in [0.1, 0.15) is 57.4 Å². The van der Waals surface area contributed by atoms with Gasteiger partial charge in [-0.05, 0) is 24.8 Å². The molecule has 0 spiro atoms. The summed E-state index contributed by atoms with van der Waals surface area (Å²) in [5.41, 5.74) is 1.34. The summed E-state index contributed by atoms with van der Waals surface area (Å²) in [6.07, 6.45) is 8.91. The third kappa shape index (κ3) is 5.78. The van der Waals surface area contributed by atoms with Crippen LogP contribution in [0.2, 0.25) is 0 Å². The van der Waals surface area contributed by atoms with Crippen LogP contribution in [0.3, 0.4) is 0 Å². The summed E-state index contributed by atoms with van der Waals surface area (Å²) in [5, 5.41) is 3.39. The van der Waals surface area contributed by atoms with Gasteiger partial charge in [-0.1, -0.05) is 81.1 Å². The highest BCUT2D eigenvalue weighted by Crippen LogP contribution is 2.29. The average Bonchev–Trinajstić information content (AvgIpc) is 3.12. The van der Waals surface area contributed by atoms with Gasteiger partial charge in [-0.2, -0.15) is 0 Å². The number of unbranched alkanes of at least 4 members (excludes halogenated alkanes) is 5. The lowest BCUT2D eigenvalue weighted by Gasteiger charge is -2.36. The van der Waals surface area contributed by atoms with Gasteiger partial charge in [-0.15, -0.1) is 0 Å². The number of carbonyl (C=O) groups excluding carboxylic acids is 2. The van der Waals surface area contributed by atoms with Crippen molar-refractivity contribution in [3.8, 4) is 0 Å². The molecule has 2 aliphatic heterocycles. The molecule has 3 rings (SSSR count). The number of amides is 3. The number of thioether (sulfide) groups is 1. The molecule has 3 amide bonds. The molecule has 0 radical (unpaired) electrons. The summed E-state index contributed by atoms with van der Waals surface area (Å²) in [7, 11) is 1.72. The number of nitrogens with one attached hydrogen (secondary N) is 1. The summed E-state index contributed by atoms with van der Waals surface area (Å²) < 4.78 is 0. The summed E-state index contributed by atoms with van der Waals surface area (Å²) in [5.74, 6) is 0.720. The van der Waals surface area contributed by atoms with E-state index in [4.69, 9.17) is 4.99 Å². The summed E-state index contributed by atoms with van der Waals surface area (Å²) >= 11 is 1.71. The Labute approximate surface area is 184 Å². The van der Waals surface area contributed by atoms with E-state index in [0.717, 1.165) is 43.1 Å². The summed E-state index contributed by atoms with van der Waals surface area (Å²) in [6.45, 7) is 3.04. The Morgan fingerprint density at radius 3 is 2.53 bits per heavy atom. The summed E-state index contributed by atoms with van der Waals surface area (Å²) in [6, 6.07) is 9.73. The number of fused-ring (bicyclic) bond motifs is 1. The van der Waals surface area contributed by atoms with Crippen LogP contribution >= 0.6 is 11.8 Å². The Bertz CT molecular complexity index is 740. The van der Waals surface area contributed by atoms with E-state index in [0.29, 0.717) is 0 Å². The van der Waals surface area contributed by atoms with E-state index in [-0.39, 0.29) is 11.9 Å². The van der Waals surface area contributed by atoms with Crippen LogP contribution in [0.4, 0.5) is 4.79 Å². The van der Waals surface area contributed by atoms with Crippen molar-refractivity contribution in [2.45, 2.75) is 70.5 Å². The van der Waals surface area contributed by atoms with E-state index >= 15 is 0 Å². The second-order valence-electron chi connectivity index (χ2n) is 8.07. The van der Waals surface area contributed by atoms with Crippen LogP contribution in [0.25, 0.3) is 0 Å². The maximum atomic E-state index is 12.6. The number of imide groups is 1. The summed E-state index contributed by atoms with van der Waals surface area (Å²) in [4.78, 5) is 33.1. The quantitative estimate of drug-likeness (QED) is 0.533. The molecule has 2 aliphatic rings. The normalized spacial score (nSPS) is 20.9. The molecule has 1 saturated heterocycles. The van der Waals surface area contributed by atoms with Crippen LogP contribution < -0.4 is 5.32 Å². The second-order valence-corrected chi connectivity index (χ2v) is 9.14. The Morgan fingerprint density at radius 1 is 1.03 bits per heavy atom. The van der Waals surface area contributed by atoms with Crippen molar-refractivity contribution in [3.05, 3.63) is 35.9 Å². The predicted octanol–water partition coefficient (Wildman–Crippen LogP) is 4.26. The van der Waals surface area contributed by atoms with Crippen molar-refractivity contribution in [1.82, 2.24) is 15.1 Å². The highest BCUT2D eigenvalue weighted by atomic mass is 32.2. The third-order valence-electron chi connectivity index (χ3n) is 5.76. The highest BCUT2D eigenvalue weighted by molar-refractivity contribution is 8.13.